The molecule has 4 nitrogen and oxygen atoms in total. The molecule has 0 aromatic carbocycles. The number of aromatic nitrogens is 2. The number of nitrogens with one attached hydrogen (secondary N) is 1. The van der Waals surface area contributed by atoms with Crippen molar-refractivity contribution < 1.29 is 4.79 Å². The highest BCUT2D eigenvalue weighted by Crippen LogP contribution is 2.22. The third kappa shape index (κ3) is 2.69. The van der Waals surface area contributed by atoms with E-state index in [2.05, 4.69) is 15.3 Å². The zero-order valence-electron chi connectivity index (χ0n) is 7.78. The SMILES string of the molecule is O=C(Nc1ccnc(Cl)n1)c1ccc(Cl)s1. The van der Waals surface area contributed by atoms with Gasteiger partial charge in [-0.15, -0.1) is 11.3 Å². The van der Waals surface area contributed by atoms with E-state index in [1.807, 2.05) is 0 Å². The number of hydrogen-bond donors (Lipinski definition) is 1. The minimum atomic E-state index is -0.272. The van der Waals surface area contributed by atoms with E-state index < -0.39 is 0 Å². The average molecular weight is 274 g/mol. The molecule has 0 aliphatic carbocycles. The van der Waals surface area contributed by atoms with Crippen LogP contribution in [0.2, 0.25) is 9.62 Å². The molecule has 2 aromatic rings. The van der Waals surface area contributed by atoms with E-state index in [0.29, 0.717) is 15.0 Å². The molecular formula is C9H5Cl2N3OS. The third-order valence-electron chi connectivity index (χ3n) is 1.66. The van der Waals surface area contributed by atoms with Crippen molar-refractivity contribution in [1.29, 1.82) is 0 Å². The molecule has 7 heteroatoms. The fourth-order valence-electron chi connectivity index (χ4n) is 1.02. The van der Waals surface area contributed by atoms with E-state index >= 15 is 0 Å². The minimum absolute atomic E-state index is 0.0852. The molecule has 0 aliphatic rings. The molecule has 0 fully saturated rings. The molecule has 1 amide bonds. The maximum absolute atomic E-state index is 11.7. The van der Waals surface area contributed by atoms with Crippen LogP contribution in [0.5, 0.6) is 0 Å². The second-order valence-corrected chi connectivity index (χ2v) is 4.82. The lowest BCUT2D eigenvalue weighted by atomic mass is 10.4. The van der Waals surface area contributed by atoms with E-state index in [4.69, 9.17) is 23.2 Å². The average Bonchev–Trinajstić information content (AvgIpc) is 2.65. The van der Waals surface area contributed by atoms with E-state index in [1.54, 1.807) is 18.2 Å². The summed E-state index contributed by atoms with van der Waals surface area (Å²) in [7, 11) is 0. The van der Waals surface area contributed by atoms with Crippen molar-refractivity contribution >= 4 is 46.3 Å². The number of thiophene rings is 1. The standard InChI is InChI=1S/C9H5Cl2N3OS/c10-6-2-1-5(16-6)8(15)13-7-3-4-12-9(11)14-7/h1-4H,(H,12,13,14,15). The van der Waals surface area contributed by atoms with Crippen LogP contribution in [0.15, 0.2) is 24.4 Å². The summed E-state index contributed by atoms with van der Waals surface area (Å²) in [5.74, 6) is 0.0844. The van der Waals surface area contributed by atoms with E-state index in [0.717, 1.165) is 0 Å². The van der Waals surface area contributed by atoms with E-state index in [-0.39, 0.29) is 11.2 Å². The molecule has 0 saturated carbocycles. The van der Waals surface area contributed by atoms with Crippen LogP contribution in [-0.2, 0) is 0 Å². The summed E-state index contributed by atoms with van der Waals surface area (Å²) in [4.78, 5) is 19.7. The Morgan fingerprint density at radius 3 is 2.75 bits per heavy atom. The quantitative estimate of drug-likeness (QED) is 0.856. The van der Waals surface area contributed by atoms with Gasteiger partial charge in [-0.05, 0) is 29.8 Å². The Hall–Kier alpha value is -1.17. The first-order valence-corrected chi connectivity index (χ1v) is 5.77. The van der Waals surface area contributed by atoms with Crippen LogP contribution in [0.25, 0.3) is 0 Å². The van der Waals surface area contributed by atoms with Crippen LogP contribution in [0.3, 0.4) is 0 Å². The molecule has 2 aromatic heterocycles. The van der Waals surface area contributed by atoms with E-state index in [9.17, 15) is 4.79 Å². The van der Waals surface area contributed by atoms with Gasteiger partial charge in [0.15, 0.2) is 0 Å². The molecule has 1 N–H and O–H groups in total. The maximum Gasteiger partial charge on any atom is 0.266 e. The largest absolute Gasteiger partial charge is 0.306 e. The van der Waals surface area contributed by atoms with Crippen molar-refractivity contribution in [2.75, 3.05) is 5.32 Å². The number of halogens is 2. The number of carbonyl (C=O) groups excluding carboxylic acids is 1. The lowest BCUT2D eigenvalue weighted by Crippen LogP contribution is -2.11. The van der Waals surface area contributed by atoms with Gasteiger partial charge in [0.1, 0.15) is 5.82 Å². The molecule has 0 bridgehead atoms. The Kier molecular flexibility index (Phi) is 3.38. The van der Waals surface area contributed by atoms with Crippen molar-refractivity contribution in [2.45, 2.75) is 0 Å². The first kappa shape index (κ1) is 11.3. The summed E-state index contributed by atoms with van der Waals surface area (Å²) in [6.45, 7) is 0. The molecular weight excluding hydrogens is 269 g/mol. The topological polar surface area (TPSA) is 54.9 Å². The molecule has 2 heterocycles. The summed E-state index contributed by atoms with van der Waals surface area (Å²) in [6, 6.07) is 4.86. The van der Waals surface area contributed by atoms with Gasteiger partial charge in [-0.1, -0.05) is 11.6 Å². The van der Waals surface area contributed by atoms with Crippen LogP contribution in [0.1, 0.15) is 9.67 Å². The van der Waals surface area contributed by atoms with Gasteiger partial charge < -0.3 is 5.32 Å². The van der Waals surface area contributed by atoms with Crippen molar-refractivity contribution in [3.63, 3.8) is 0 Å². The Balaban J connectivity index is 2.13. The van der Waals surface area contributed by atoms with Crippen LogP contribution in [0, 0.1) is 0 Å². The number of nitrogens with zero attached hydrogens (tertiary/aromatic N) is 2. The van der Waals surface area contributed by atoms with Crippen LogP contribution in [0.4, 0.5) is 5.82 Å². The van der Waals surface area contributed by atoms with Crippen LogP contribution in [-0.4, -0.2) is 15.9 Å². The first-order valence-electron chi connectivity index (χ1n) is 4.20. The van der Waals surface area contributed by atoms with Crippen LogP contribution < -0.4 is 5.32 Å². The molecule has 0 spiro atoms. The molecule has 0 radical (unpaired) electrons. The van der Waals surface area contributed by atoms with Gasteiger partial charge in [-0.3, -0.25) is 4.79 Å². The number of carbonyl (C=O) groups is 1. The number of amides is 1. The predicted molar refractivity (Wildman–Crippen MR) is 64.3 cm³/mol. The van der Waals surface area contributed by atoms with Crippen molar-refractivity contribution in [2.24, 2.45) is 0 Å². The zero-order chi connectivity index (χ0) is 11.5. The maximum atomic E-state index is 11.7. The van der Waals surface area contributed by atoms with Gasteiger partial charge in [-0.25, -0.2) is 9.97 Å². The highest BCUT2D eigenvalue weighted by molar-refractivity contribution is 7.18. The Bertz CT molecular complexity index is 529. The number of rotatable bonds is 2. The van der Waals surface area contributed by atoms with Gasteiger partial charge in [0, 0.05) is 6.20 Å². The lowest BCUT2D eigenvalue weighted by Gasteiger charge is -2.01. The van der Waals surface area contributed by atoms with Gasteiger partial charge in [0.2, 0.25) is 5.28 Å². The highest BCUT2D eigenvalue weighted by atomic mass is 35.5. The molecule has 16 heavy (non-hydrogen) atoms. The van der Waals surface area contributed by atoms with Gasteiger partial charge in [0.25, 0.3) is 5.91 Å². The Morgan fingerprint density at radius 2 is 2.12 bits per heavy atom. The smallest absolute Gasteiger partial charge is 0.266 e. The number of hydrogen-bond acceptors (Lipinski definition) is 4. The summed E-state index contributed by atoms with van der Waals surface area (Å²) in [5, 5.41) is 2.67. The fraction of sp³-hybridized carbons (Fsp3) is 0. The minimum Gasteiger partial charge on any atom is -0.306 e. The summed E-state index contributed by atoms with van der Waals surface area (Å²) < 4.78 is 0.561. The number of anilines is 1. The van der Waals surface area contributed by atoms with Gasteiger partial charge in [-0.2, -0.15) is 0 Å². The monoisotopic (exact) mass is 273 g/mol. The second-order valence-electron chi connectivity index (χ2n) is 2.77. The molecule has 82 valence electrons. The lowest BCUT2D eigenvalue weighted by molar-refractivity contribution is 0.103. The Morgan fingerprint density at radius 1 is 1.31 bits per heavy atom. The van der Waals surface area contributed by atoms with Crippen molar-refractivity contribution in [3.8, 4) is 0 Å². The molecule has 2 rings (SSSR count). The summed E-state index contributed by atoms with van der Waals surface area (Å²) >= 11 is 12.5. The first-order chi connectivity index (χ1) is 7.65. The molecule has 0 atom stereocenters. The zero-order valence-corrected chi connectivity index (χ0v) is 10.1. The fourth-order valence-corrected chi connectivity index (χ4v) is 2.10. The van der Waals surface area contributed by atoms with Crippen molar-refractivity contribution in [1.82, 2.24) is 9.97 Å². The Labute approximate surface area is 105 Å². The van der Waals surface area contributed by atoms with Crippen LogP contribution >= 0.6 is 34.5 Å². The summed E-state index contributed by atoms with van der Waals surface area (Å²) in [6.07, 6.45) is 1.46. The van der Waals surface area contributed by atoms with Gasteiger partial charge >= 0.3 is 0 Å². The van der Waals surface area contributed by atoms with Crippen molar-refractivity contribution in [3.05, 3.63) is 38.9 Å². The molecule has 0 unspecified atom stereocenters. The third-order valence-corrected chi connectivity index (χ3v) is 3.08. The molecule has 0 aliphatic heterocycles. The second kappa shape index (κ2) is 4.78. The highest BCUT2D eigenvalue weighted by Gasteiger charge is 2.09. The predicted octanol–water partition coefficient (Wildman–Crippen LogP) is 3.10. The van der Waals surface area contributed by atoms with Gasteiger partial charge in [0.05, 0.1) is 9.21 Å². The van der Waals surface area contributed by atoms with E-state index in [1.165, 1.54) is 17.5 Å². The normalized spacial score (nSPS) is 10.1. The molecule has 0 saturated heterocycles. The summed E-state index contributed by atoms with van der Waals surface area (Å²) in [5.41, 5.74) is 0.